The van der Waals surface area contributed by atoms with E-state index in [1.165, 1.54) is 29.9 Å². The fourth-order valence-corrected chi connectivity index (χ4v) is 2.23. The van der Waals surface area contributed by atoms with Gasteiger partial charge in [0.1, 0.15) is 6.61 Å². The first-order chi connectivity index (χ1) is 12.5. The third kappa shape index (κ3) is 5.71. The first kappa shape index (κ1) is 20.7. The summed E-state index contributed by atoms with van der Waals surface area (Å²) in [5.74, 6) is -0.624. The Labute approximate surface area is 149 Å². The van der Waals surface area contributed by atoms with E-state index in [0.717, 1.165) is 12.1 Å². The number of halogens is 6. The number of benzene rings is 1. The number of hydrogen-bond donors (Lipinski definition) is 1. The quantitative estimate of drug-likeness (QED) is 0.602. The highest BCUT2D eigenvalue weighted by Gasteiger charge is 2.31. The van der Waals surface area contributed by atoms with Crippen molar-refractivity contribution in [3.63, 3.8) is 0 Å². The Morgan fingerprint density at radius 2 is 1.93 bits per heavy atom. The smallest absolute Gasteiger partial charge is 0.370 e. The number of amides is 1. The Morgan fingerprint density at radius 3 is 2.56 bits per heavy atom. The molecule has 1 amide bonds. The van der Waals surface area contributed by atoms with E-state index in [4.69, 9.17) is 0 Å². The Morgan fingerprint density at radius 1 is 1.22 bits per heavy atom. The molecule has 11 heteroatoms. The lowest BCUT2D eigenvalue weighted by molar-refractivity contribution is -0.173. The molecule has 1 heterocycles. The molecule has 0 aliphatic rings. The van der Waals surface area contributed by atoms with Gasteiger partial charge in [0, 0.05) is 6.54 Å². The van der Waals surface area contributed by atoms with Gasteiger partial charge in [0.05, 0.1) is 35.3 Å². The maximum Gasteiger partial charge on any atom is 0.416 e. The van der Waals surface area contributed by atoms with Crippen LogP contribution in [0, 0.1) is 6.92 Å². The van der Waals surface area contributed by atoms with Crippen molar-refractivity contribution >= 4 is 5.91 Å². The highest BCUT2D eigenvalue weighted by atomic mass is 19.4. The molecule has 0 radical (unpaired) electrons. The number of carbonyl (C=O) groups is 1. The van der Waals surface area contributed by atoms with Gasteiger partial charge in [-0.25, -0.2) is 4.68 Å². The third-order valence-corrected chi connectivity index (χ3v) is 3.47. The minimum absolute atomic E-state index is 0.0863. The van der Waals surface area contributed by atoms with Gasteiger partial charge < -0.3 is 10.1 Å². The van der Waals surface area contributed by atoms with E-state index in [1.54, 1.807) is 0 Å². The molecule has 0 fully saturated rings. The Balaban J connectivity index is 2.03. The Hall–Kier alpha value is -2.56. The van der Waals surface area contributed by atoms with Crippen molar-refractivity contribution in [2.24, 2.45) is 0 Å². The fraction of sp³-hybridized carbons (Fsp3) is 0.375. The van der Waals surface area contributed by atoms with E-state index in [-0.39, 0.29) is 30.1 Å². The second-order valence-electron chi connectivity index (χ2n) is 5.53. The number of aromatic nitrogens is 2. The lowest BCUT2D eigenvalue weighted by Gasteiger charge is -2.10. The van der Waals surface area contributed by atoms with Crippen LogP contribution in [0.1, 0.15) is 21.6 Å². The van der Waals surface area contributed by atoms with Crippen molar-refractivity contribution in [3.8, 4) is 5.69 Å². The summed E-state index contributed by atoms with van der Waals surface area (Å²) in [5.41, 5.74) is -0.371. The highest BCUT2D eigenvalue weighted by Crippen LogP contribution is 2.30. The van der Waals surface area contributed by atoms with Crippen LogP contribution in [0.5, 0.6) is 0 Å². The summed E-state index contributed by atoms with van der Waals surface area (Å²) in [5, 5.41) is 6.28. The Kier molecular flexibility index (Phi) is 6.14. The number of alkyl halides is 6. The van der Waals surface area contributed by atoms with Crippen LogP contribution in [0.4, 0.5) is 26.3 Å². The largest absolute Gasteiger partial charge is 0.416 e. The van der Waals surface area contributed by atoms with E-state index >= 15 is 0 Å². The van der Waals surface area contributed by atoms with Crippen LogP contribution in [-0.2, 0) is 10.9 Å². The van der Waals surface area contributed by atoms with Gasteiger partial charge in [-0.05, 0) is 25.1 Å². The molecule has 2 aromatic rings. The van der Waals surface area contributed by atoms with Crippen LogP contribution in [0.15, 0.2) is 30.5 Å². The molecule has 0 saturated heterocycles. The van der Waals surface area contributed by atoms with E-state index in [9.17, 15) is 31.1 Å². The lowest BCUT2D eigenvalue weighted by Crippen LogP contribution is -2.29. The van der Waals surface area contributed by atoms with Crippen LogP contribution in [0.3, 0.4) is 0 Å². The van der Waals surface area contributed by atoms with E-state index < -0.39 is 30.4 Å². The zero-order chi connectivity index (χ0) is 20.2. The molecule has 0 atom stereocenters. The topological polar surface area (TPSA) is 56.1 Å². The highest BCUT2D eigenvalue weighted by molar-refractivity contribution is 5.95. The molecule has 2 rings (SSSR count). The number of carbonyl (C=O) groups excluding carboxylic acids is 1. The van der Waals surface area contributed by atoms with Crippen LogP contribution in [0.2, 0.25) is 0 Å². The summed E-state index contributed by atoms with van der Waals surface area (Å²) >= 11 is 0. The maximum atomic E-state index is 12.8. The van der Waals surface area contributed by atoms with Crippen LogP contribution in [-0.4, -0.2) is 41.6 Å². The monoisotopic (exact) mass is 395 g/mol. The molecule has 0 saturated carbocycles. The van der Waals surface area contributed by atoms with Crippen molar-refractivity contribution in [2.45, 2.75) is 19.3 Å². The summed E-state index contributed by atoms with van der Waals surface area (Å²) in [6.07, 6.45) is -7.80. The van der Waals surface area contributed by atoms with Gasteiger partial charge in [0.15, 0.2) is 0 Å². The van der Waals surface area contributed by atoms with Gasteiger partial charge in [-0.1, -0.05) is 6.07 Å². The Bertz CT molecular complexity index is 798. The third-order valence-electron chi connectivity index (χ3n) is 3.47. The number of nitrogens with zero attached hydrogens (tertiary/aromatic N) is 2. The fourth-order valence-electron chi connectivity index (χ4n) is 2.23. The minimum Gasteiger partial charge on any atom is -0.370 e. The summed E-state index contributed by atoms with van der Waals surface area (Å²) in [6.45, 7) is -0.438. The molecule has 1 N–H and O–H groups in total. The zero-order valence-corrected chi connectivity index (χ0v) is 14.0. The molecule has 1 aromatic carbocycles. The van der Waals surface area contributed by atoms with Crippen LogP contribution >= 0.6 is 0 Å². The molecule has 0 aliphatic heterocycles. The first-order valence-electron chi connectivity index (χ1n) is 7.64. The van der Waals surface area contributed by atoms with Gasteiger partial charge in [-0.3, -0.25) is 4.79 Å². The van der Waals surface area contributed by atoms with Gasteiger partial charge in [-0.15, -0.1) is 0 Å². The van der Waals surface area contributed by atoms with Crippen LogP contribution < -0.4 is 5.32 Å². The number of nitrogens with one attached hydrogen (secondary N) is 1. The van der Waals surface area contributed by atoms with E-state index in [0.29, 0.717) is 0 Å². The van der Waals surface area contributed by atoms with Crippen molar-refractivity contribution in [3.05, 3.63) is 47.3 Å². The molecule has 0 bridgehead atoms. The second-order valence-corrected chi connectivity index (χ2v) is 5.53. The molecule has 0 unspecified atom stereocenters. The van der Waals surface area contributed by atoms with Crippen molar-refractivity contribution in [1.29, 1.82) is 0 Å². The molecule has 5 nitrogen and oxygen atoms in total. The minimum atomic E-state index is -4.52. The molecule has 148 valence electrons. The predicted octanol–water partition coefficient (Wildman–Crippen LogP) is 3.51. The average Bonchev–Trinajstić information content (AvgIpc) is 2.94. The van der Waals surface area contributed by atoms with E-state index in [1.807, 2.05) is 0 Å². The molecule has 1 aromatic heterocycles. The number of hydrogen-bond acceptors (Lipinski definition) is 3. The maximum absolute atomic E-state index is 12.8. The standard InChI is InChI=1S/C16H15F6N3O2/c1-10-13(14(26)23-5-6-27-9-15(17,18)19)8-24-25(10)12-4-2-3-11(7-12)16(20,21)22/h2-4,7-8H,5-6,9H2,1H3,(H,23,26). The van der Waals surface area contributed by atoms with Gasteiger partial charge in [0.25, 0.3) is 5.91 Å². The number of ether oxygens (including phenoxy) is 1. The molecule has 0 aliphatic carbocycles. The first-order valence-corrected chi connectivity index (χ1v) is 7.64. The molecular formula is C16H15F6N3O2. The molecule has 27 heavy (non-hydrogen) atoms. The SMILES string of the molecule is Cc1c(C(=O)NCCOCC(F)(F)F)cnn1-c1cccc(C(F)(F)F)c1. The van der Waals surface area contributed by atoms with Gasteiger partial charge in [0.2, 0.25) is 0 Å². The summed E-state index contributed by atoms with van der Waals surface area (Å²) in [6, 6.07) is 4.43. The van der Waals surface area contributed by atoms with Crippen molar-refractivity contribution in [1.82, 2.24) is 15.1 Å². The summed E-state index contributed by atoms with van der Waals surface area (Å²) < 4.78 is 79.8. The normalized spacial score (nSPS) is 12.3. The lowest BCUT2D eigenvalue weighted by atomic mass is 10.2. The predicted molar refractivity (Wildman–Crippen MR) is 82.5 cm³/mol. The number of rotatable bonds is 6. The summed E-state index contributed by atoms with van der Waals surface area (Å²) in [4.78, 5) is 12.1. The summed E-state index contributed by atoms with van der Waals surface area (Å²) in [7, 11) is 0. The molecular weight excluding hydrogens is 380 g/mol. The van der Waals surface area contributed by atoms with Crippen molar-refractivity contribution in [2.75, 3.05) is 19.8 Å². The molecule has 0 spiro atoms. The van der Waals surface area contributed by atoms with Gasteiger partial charge >= 0.3 is 12.4 Å². The zero-order valence-electron chi connectivity index (χ0n) is 14.0. The van der Waals surface area contributed by atoms with Gasteiger partial charge in [-0.2, -0.15) is 31.4 Å². The average molecular weight is 395 g/mol. The van der Waals surface area contributed by atoms with E-state index in [2.05, 4.69) is 15.2 Å². The van der Waals surface area contributed by atoms with Crippen molar-refractivity contribution < 1.29 is 35.9 Å². The second kappa shape index (κ2) is 7.99. The van der Waals surface area contributed by atoms with Crippen LogP contribution in [0.25, 0.3) is 5.69 Å².